The number of para-hydroxylation sites is 1. The van der Waals surface area contributed by atoms with Gasteiger partial charge >= 0.3 is 0 Å². The van der Waals surface area contributed by atoms with Gasteiger partial charge in [0, 0.05) is 24.1 Å². The van der Waals surface area contributed by atoms with Crippen LogP contribution >= 0.6 is 0 Å². The first-order valence-electron chi connectivity index (χ1n) is 9.37. The van der Waals surface area contributed by atoms with Crippen molar-refractivity contribution >= 4 is 11.6 Å². The fraction of sp³-hybridized carbons (Fsp3) is 0.333. The molecule has 0 saturated carbocycles. The largest absolute Gasteiger partial charge is 0.481 e. The van der Waals surface area contributed by atoms with E-state index in [-0.39, 0.29) is 17.7 Å². The molecular formula is C21H22N4O4. The van der Waals surface area contributed by atoms with Crippen LogP contribution in [0.5, 0.6) is 11.8 Å². The third kappa shape index (κ3) is 3.30. The van der Waals surface area contributed by atoms with Crippen LogP contribution in [0.3, 0.4) is 0 Å². The number of benzene rings is 1. The molecular weight excluding hydrogens is 372 g/mol. The number of anilines is 1. The molecule has 4 rings (SSSR count). The average molecular weight is 394 g/mol. The maximum absolute atomic E-state index is 13.6. The van der Waals surface area contributed by atoms with Gasteiger partial charge in [0.05, 0.1) is 14.2 Å². The van der Waals surface area contributed by atoms with Gasteiger partial charge in [-0.3, -0.25) is 9.69 Å². The molecule has 8 nitrogen and oxygen atoms in total. The Hall–Kier alpha value is -3.42. The number of nitrogens with zero attached hydrogens (tertiary/aromatic N) is 4. The van der Waals surface area contributed by atoms with E-state index >= 15 is 0 Å². The highest BCUT2D eigenvalue weighted by molar-refractivity contribution is 6.09. The Balaban J connectivity index is 1.78. The monoisotopic (exact) mass is 394 g/mol. The van der Waals surface area contributed by atoms with Crippen LogP contribution in [-0.2, 0) is 6.42 Å². The second-order valence-electron chi connectivity index (χ2n) is 7.08. The van der Waals surface area contributed by atoms with Crippen LogP contribution in [0.4, 0.5) is 5.69 Å². The van der Waals surface area contributed by atoms with Gasteiger partial charge in [0.1, 0.15) is 11.6 Å². The summed E-state index contributed by atoms with van der Waals surface area (Å²) in [6.45, 7) is 3.99. The highest BCUT2D eigenvalue weighted by Gasteiger charge is 2.39. The first kappa shape index (κ1) is 18.9. The maximum atomic E-state index is 13.6. The van der Waals surface area contributed by atoms with E-state index in [1.54, 1.807) is 17.0 Å². The number of fused-ring (bicyclic) bond motifs is 1. The molecule has 1 aliphatic rings. The summed E-state index contributed by atoms with van der Waals surface area (Å²) in [6.07, 6.45) is 0.591. The predicted octanol–water partition coefficient (Wildman–Crippen LogP) is 3.55. The molecule has 2 aromatic heterocycles. The summed E-state index contributed by atoms with van der Waals surface area (Å²) >= 11 is 0. The second kappa shape index (κ2) is 7.54. The van der Waals surface area contributed by atoms with Gasteiger partial charge in [0.2, 0.25) is 17.7 Å². The van der Waals surface area contributed by atoms with Crippen molar-refractivity contribution in [1.29, 1.82) is 0 Å². The molecule has 3 aromatic rings. The molecule has 29 heavy (non-hydrogen) atoms. The van der Waals surface area contributed by atoms with Crippen LogP contribution in [0.2, 0.25) is 0 Å². The summed E-state index contributed by atoms with van der Waals surface area (Å²) in [7, 11) is 2.98. The minimum Gasteiger partial charge on any atom is -0.481 e. The van der Waals surface area contributed by atoms with Crippen molar-refractivity contribution in [3.63, 3.8) is 0 Å². The molecule has 0 N–H and O–H groups in total. The van der Waals surface area contributed by atoms with Gasteiger partial charge in [-0.1, -0.05) is 37.2 Å². The van der Waals surface area contributed by atoms with Gasteiger partial charge in [-0.15, -0.1) is 0 Å². The fourth-order valence-corrected chi connectivity index (χ4v) is 3.44. The van der Waals surface area contributed by atoms with E-state index < -0.39 is 6.04 Å². The van der Waals surface area contributed by atoms with Crippen molar-refractivity contribution in [2.75, 3.05) is 19.1 Å². The van der Waals surface area contributed by atoms with Gasteiger partial charge in [0.15, 0.2) is 5.82 Å². The Labute approximate surface area is 168 Å². The molecule has 1 atom stereocenters. The molecule has 1 unspecified atom stereocenters. The molecule has 150 valence electrons. The van der Waals surface area contributed by atoms with Gasteiger partial charge in [-0.2, -0.15) is 9.97 Å². The molecule has 1 amide bonds. The van der Waals surface area contributed by atoms with E-state index in [0.717, 1.165) is 11.3 Å². The van der Waals surface area contributed by atoms with Crippen molar-refractivity contribution in [2.24, 2.45) is 0 Å². The van der Waals surface area contributed by atoms with E-state index in [0.29, 0.717) is 29.6 Å². The fourth-order valence-electron chi connectivity index (χ4n) is 3.44. The standard InChI is InChI=1S/C21H22N4O4/c1-12(2)18-23-20(29-24-18)16-11-13-7-5-6-8-15(13)25(16)21(26)14-9-10-17(27-3)22-19(14)28-4/h5-10,12,16H,11H2,1-4H3. The molecule has 0 saturated heterocycles. The number of hydrogen-bond acceptors (Lipinski definition) is 7. The maximum Gasteiger partial charge on any atom is 0.264 e. The molecule has 3 heterocycles. The summed E-state index contributed by atoms with van der Waals surface area (Å²) < 4.78 is 16.0. The topological polar surface area (TPSA) is 90.6 Å². The Bertz CT molecular complexity index is 1050. The van der Waals surface area contributed by atoms with Gasteiger partial charge in [-0.05, 0) is 17.7 Å². The molecule has 0 fully saturated rings. The van der Waals surface area contributed by atoms with Crippen LogP contribution in [0.25, 0.3) is 0 Å². The van der Waals surface area contributed by atoms with Crippen molar-refractivity contribution in [3.8, 4) is 11.8 Å². The van der Waals surface area contributed by atoms with E-state index in [1.165, 1.54) is 14.2 Å². The quantitative estimate of drug-likeness (QED) is 0.653. The molecule has 0 radical (unpaired) electrons. The molecule has 1 aromatic carbocycles. The van der Waals surface area contributed by atoms with Crippen LogP contribution in [0.1, 0.15) is 53.4 Å². The number of pyridine rings is 1. The number of amides is 1. The smallest absolute Gasteiger partial charge is 0.264 e. The molecule has 0 bridgehead atoms. The van der Waals surface area contributed by atoms with E-state index in [2.05, 4.69) is 15.1 Å². The zero-order valence-electron chi connectivity index (χ0n) is 16.7. The van der Waals surface area contributed by atoms with Crippen molar-refractivity contribution in [2.45, 2.75) is 32.2 Å². The predicted molar refractivity (Wildman–Crippen MR) is 105 cm³/mol. The zero-order valence-corrected chi connectivity index (χ0v) is 16.7. The third-order valence-corrected chi connectivity index (χ3v) is 4.92. The summed E-state index contributed by atoms with van der Waals surface area (Å²) in [4.78, 5) is 24.0. The van der Waals surface area contributed by atoms with Crippen molar-refractivity contribution < 1.29 is 18.8 Å². The van der Waals surface area contributed by atoms with Gasteiger partial charge < -0.3 is 14.0 Å². The van der Waals surface area contributed by atoms with E-state index in [4.69, 9.17) is 14.0 Å². The number of methoxy groups -OCH3 is 2. The number of hydrogen-bond donors (Lipinski definition) is 0. The Morgan fingerprint density at radius 1 is 1.14 bits per heavy atom. The van der Waals surface area contributed by atoms with E-state index in [1.807, 2.05) is 38.1 Å². The summed E-state index contributed by atoms with van der Waals surface area (Å²) in [5.74, 6) is 1.48. The van der Waals surface area contributed by atoms with Crippen LogP contribution in [-0.4, -0.2) is 35.3 Å². The summed E-state index contributed by atoms with van der Waals surface area (Å²) in [5, 5.41) is 4.07. The number of carbonyl (C=O) groups excluding carboxylic acids is 1. The lowest BCUT2D eigenvalue weighted by Gasteiger charge is -2.23. The zero-order chi connectivity index (χ0) is 20.5. The Kier molecular flexibility index (Phi) is 4.92. The van der Waals surface area contributed by atoms with Crippen molar-refractivity contribution in [3.05, 3.63) is 59.2 Å². The van der Waals surface area contributed by atoms with Gasteiger partial charge in [0.25, 0.3) is 5.91 Å². The van der Waals surface area contributed by atoms with E-state index in [9.17, 15) is 4.79 Å². The number of aromatic nitrogens is 3. The molecule has 0 spiro atoms. The Morgan fingerprint density at radius 3 is 2.62 bits per heavy atom. The minimum atomic E-state index is -0.397. The second-order valence-corrected chi connectivity index (χ2v) is 7.08. The molecule has 1 aliphatic heterocycles. The highest BCUT2D eigenvalue weighted by atomic mass is 16.5. The Morgan fingerprint density at radius 2 is 1.93 bits per heavy atom. The molecule has 0 aliphatic carbocycles. The number of rotatable bonds is 5. The average Bonchev–Trinajstić information content (AvgIpc) is 3.37. The third-order valence-electron chi connectivity index (χ3n) is 4.92. The minimum absolute atomic E-state index is 0.131. The summed E-state index contributed by atoms with van der Waals surface area (Å²) in [5.41, 5.74) is 2.18. The van der Waals surface area contributed by atoms with Gasteiger partial charge in [-0.25, -0.2) is 0 Å². The highest BCUT2D eigenvalue weighted by Crippen LogP contribution is 2.41. The van der Waals surface area contributed by atoms with Crippen LogP contribution in [0, 0.1) is 0 Å². The lowest BCUT2D eigenvalue weighted by molar-refractivity contribution is 0.0971. The first-order chi connectivity index (χ1) is 14.0. The van der Waals surface area contributed by atoms with Crippen LogP contribution in [0.15, 0.2) is 40.9 Å². The number of carbonyl (C=O) groups is 1. The van der Waals surface area contributed by atoms with Crippen LogP contribution < -0.4 is 14.4 Å². The lowest BCUT2D eigenvalue weighted by Crippen LogP contribution is -2.33. The lowest BCUT2D eigenvalue weighted by atomic mass is 10.1. The normalized spacial score (nSPS) is 15.5. The summed E-state index contributed by atoms with van der Waals surface area (Å²) in [6, 6.07) is 10.7. The number of ether oxygens (including phenoxy) is 2. The van der Waals surface area contributed by atoms with Crippen molar-refractivity contribution in [1.82, 2.24) is 15.1 Å². The first-order valence-corrected chi connectivity index (χ1v) is 9.37. The molecule has 8 heteroatoms. The SMILES string of the molecule is COc1ccc(C(=O)N2c3ccccc3CC2c2nc(C(C)C)no2)c(OC)n1.